The normalized spacial score (nSPS) is 23.7. The SMILES string of the molecule is CC1(O)CCN(S(=O)(=O)c2cncc(/C=C/C(=O)O)c2)C1. The zero-order valence-electron chi connectivity index (χ0n) is 11.4. The first-order valence-corrected chi connectivity index (χ1v) is 7.73. The summed E-state index contributed by atoms with van der Waals surface area (Å²) in [6.07, 6.45) is 5.14. The molecule has 0 amide bonds. The molecule has 1 atom stereocenters. The topological polar surface area (TPSA) is 108 Å². The molecule has 0 radical (unpaired) electrons. The molecule has 0 spiro atoms. The number of aliphatic hydroxyl groups is 1. The minimum Gasteiger partial charge on any atom is -0.478 e. The van der Waals surface area contributed by atoms with Gasteiger partial charge in [0.05, 0.1) is 5.60 Å². The van der Waals surface area contributed by atoms with Crippen molar-refractivity contribution in [3.8, 4) is 0 Å². The van der Waals surface area contributed by atoms with Crippen LogP contribution in [0.4, 0.5) is 0 Å². The van der Waals surface area contributed by atoms with E-state index in [0.29, 0.717) is 12.0 Å². The third kappa shape index (κ3) is 3.66. The van der Waals surface area contributed by atoms with E-state index in [4.69, 9.17) is 5.11 Å². The number of nitrogens with zero attached hydrogens (tertiary/aromatic N) is 2. The van der Waals surface area contributed by atoms with Crippen molar-refractivity contribution < 1.29 is 23.4 Å². The molecule has 2 N–H and O–H groups in total. The summed E-state index contributed by atoms with van der Waals surface area (Å²) in [5, 5.41) is 18.4. The van der Waals surface area contributed by atoms with Gasteiger partial charge in [0.25, 0.3) is 0 Å². The van der Waals surface area contributed by atoms with Crippen LogP contribution in [0.1, 0.15) is 18.9 Å². The number of hydrogen-bond donors (Lipinski definition) is 2. The van der Waals surface area contributed by atoms with Crippen LogP contribution in [0.15, 0.2) is 29.4 Å². The second kappa shape index (κ2) is 5.55. The third-order valence-corrected chi connectivity index (χ3v) is 5.02. The van der Waals surface area contributed by atoms with E-state index in [2.05, 4.69) is 4.98 Å². The van der Waals surface area contributed by atoms with Crippen molar-refractivity contribution in [1.29, 1.82) is 0 Å². The Morgan fingerprint density at radius 1 is 1.48 bits per heavy atom. The number of rotatable bonds is 4. The van der Waals surface area contributed by atoms with E-state index >= 15 is 0 Å². The molecule has 0 aliphatic carbocycles. The Balaban J connectivity index is 2.29. The zero-order chi connectivity index (χ0) is 15.7. The average molecular weight is 312 g/mol. The first-order valence-electron chi connectivity index (χ1n) is 6.29. The van der Waals surface area contributed by atoms with Gasteiger partial charge in [-0.15, -0.1) is 0 Å². The minimum absolute atomic E-state index is 0.0206. The van der Waals surface area contributed by atoms with Gasteiger partial charge in [-0.25, -0.2) is 13.2 Å². The van der Waals surface area contributed by atoms with Crippen molar-refractivity contribution >= 4 is 22.1 Å². The van der Waals surface area contributed by atoms with Gasteiger partial charge >= 0.3 is 5.97 Å². The molecule has 1 saturated heterocycles. The Morgan fingerprint density at radius 3 is 2.76 bits per heavy atom. The lowest BCUT2D eigenvalue weighted by Gasteiger charge is -2.18. The predicted molar refractivity (Wildman–Crippen MR) is 74.9 cm³/mol. The van der Waals surface area contributed by atoms with Gasteiger partial charge in [-0.1, -0.05) is 0 Å². The zero-order valence-corrected chi connectivity index (χ0v) is 12.2. The Bertz CT molecular complexity index is 682. The van der Waals surface area contributed by atoms with Crippen molar-refractivity contribution in [2.45, 2.75) is 23.8 Å². The van der Waals surface area contributed by atoms with Crippen molar-refractivity contribution in [2.75, 3.05) is 13.1 Å². The molecule has 1 fully saturated rings. The number of carboxylic acid groups (broad SMARTS) is 1. The summed E-state index contributed by atoms with van der Waals surface area (Å²) < 4.78 is 26.1. The molecule has 1 aliphatic heterocycles. The summed E-state index contributed by atoms with van der Waals surface area (Å²) in [5.74, 6) is -1.13. The maximum atomic E-state index is 12.4. The molecule has 21 heavy (non-hydrogen) atoms. The van der Waals surface area contributed by atoms with Crippen LogP contribution < -0.4 is 0 Å². The van der Waals surface area contributed by atoms with E-state index in [1.165, 1.54) is 28.8 Å². The number of aromatic nitrogens is 1. The fourth-order valence-electron chi connectivity index (χ4n) is 2.09. The smallest absolute Gasteiger partial charge is 0.328 e. The third-order valence-electron chi connectivity index (χ3n) is 3.21. The number of β-amino-alcohol motifs (C(OH)–C–C–N with tert-alkyl or cyclic N) is 1. The molecule has 2 rings (SSSR count). The monoisotopic (exact) mass is 312 g/mol. The van der Waals surface area contributed by atoms with Crippen LogP contribution in [0.2, 0.25) is 0 Å². The van der Waals surface area contributed by atoms with Crippen LogP contribution in [0.3, 0.4) is 0 Å². The highest BCUT2D eigenvalue weighted by Crippen LogP contribution is 2.26. The number of carbonyl (C=O) groups is 1. The molecule has 0 bridgehead atoms. The average Bonchev–Trinajstić information content (AvgIpc) is 2.78. The lowest BCUT2D eigenvalue weighted by atomic mass is 10.1. The summed E-state index contributed by atoms with van der Waals surface area (Å²) >= 11 is 0. The van der Waals surface area contributed by atoms with Crippen molar-refractivity contribution in [2.24, 2.45) is 0 Å². The molecule has 8 heteroatoms. The Kier molecular flexibility index (Phi) is 4.13. The molecule has 1 aromatic heterocycles. The van der Waals surface area contributed by atoms with E-state index < -0.39 is 21.6 Å². The van der Waals surface area contributed by atoms with Gasteiger partial charge in [-0.05, 0) is 31.1 Å². The molecule has 0 aromatic carbocycles. The molecule has 0 saturated carbocycles. The highest BCUT2D eigenvalue weighted by Gasteiger charge is 2.38. The molecule has 114 valence electrons. The highest BCUT2D eigenvalue weighted by molar-refractivity contribution is 7.89. The number of carboxylic acids is 1. The van der Waals surface area contributed by atoms with Crippen LogP contribution in [-0.2, 0) is 14.8 Å². The first kappa shape index (κ1) is 15.6. The molecule has 1 aliphatic rings. The standard InChI is InChI=1S/C13H16N2O5S/c1-13(18)4-5-15(9-13)21(19,20)11-6-10(7-14-8-11)2-3-12(16)17/h2-3,6-8,18H,4-5,9H2,1H3,(H,16,17)/b3-2+. The van der Waals surface area contributed by atoms with E-state index in [9.17, 15) is 18.3 Å². The largest absolute Gasteiger partial charge is 0.478 e. The van der Waals surface area contributed by atoms with E-state index in [-0.39, 0.29) is 18.0 Å². The maximum absolute atomic E-state index is 12.4. The van der Waals surface area contributed by atoms with Crippen molar-refractivity contribution in [3.63, 3.8) is 0 Å². The van der Waals surface area contributed by atoms with Gasteiger partial charge in [0, 0.05) is 31.6 Å². The van der Waals surface area contributed by atoms with Gasteiger partial charge in [-0.2, -0.15) is 4.31 Å². The fraction of sp³-hybridized carbons (Fsp3) is 0.385. The lowest BCUT2D eigenvalue weighted by molar-refractivity contribution is -0.131. The molecular formula is C13H16N2O5S. The summed E-state index contributed by atoms with van der Waals surface area (Å²) in [6.45, 7) is 1.86. The van der Waals surface area contributed by atoms with Crippen molar-refractivity contribution in [1.82, 2.24) is 9.29 Å². The summed E-state index contributed by atoms with van der Waals surface area (Å²) in [5.41, 5.74) is -0.647. The van der Waals surface area contributed by atoms with Gasteiger partial charge < -0.3 is 10.2 Å². The van der Waals surface area contributed by atoms with Gasteiger partial charge in [0.1, 0.15) is 4.90 Å². The van der Waals surface area contributed by atoms with Crippen LogP contribution >= 0.6 is 0 Å². The predicted octanol–water partition coefficient (Wildman–Crippen LogP) is 0.325. The molecule has 1 aromatic rings. The Hall–Kier alpha value is -1.77. The second-order valence-electron chi connectivity index (χ2n) is 5.21. The van der Waals surface area contributed by atoms with Crippen LogP contribution in [0, 0.1) is 0 Å². The summed E-state index contributed by atoms with van der Waals surface area (Å²) in [6, 6.07) is 1.36. The minimum atomic E-state index is -3.74. The van der Waals surface area contributed by atoms with Gasteiger partial charge in [-0.3, -0.25) is 4.98 Å². The maximum Gasteiger partial charge on any atom is 0.328 e. The lowest BCUT2D eigenvalue weighted by Crippen LogP contribution is -2.34. The fourth-order valence-corrected chi connectivity index (χ4v) is 3.65. The van der Waals surface area contributed by atoms with E-state index in [1.54, 1.807) is 6.92 Å². The Morgan fingerprint density at radius 2 is 2.19 bits per heavy atom. The van der Waals surface area contributed by atoms with Crippen LogP contribution in [-0.4, -0.2) is 52.6 Å². The molecule has 2 heterocycles. The molecule has 7 nitrogen and oxygen atoms in total. The Labute approximate surface area is 122 Å². The quantitative estimate of drug-likeness (QED) is 0.775. The summed E-state index contributed by atoms with van der Waals surface area (Å²) in [7, 11) is -3.74. The van der Waals surface area contributed by atoms with E-state index in [0.717, 1.165) is 6.08 Å². The van der Waals surface area contributed by atoms with Crippen LogP contribution in [0.25, 0.3) is 6.08 Å². The number of sulfonamides is 1. The van der Waals surface area contributed by atoms with Crippen molar-refractivity contribution in [3.05, 3.63) is 30.1 Å². The molecule has 1 unspecified atom stereocenters. The van der Waals surface area contributed by atoms with Gasteiger partial charge in [0.2, 0.25) is 10.0 Å². The number of pyridine rings is 1. The highest BCUT2D eigenvalue weighted by atomic mass is 32.2. The first-order chi connectivity index (χ1) is 9.71. The van der Waals surface area contributed by atoms with Crippen LogP contribution in [0.5, 0.6) is 0 Å². The molecular weight excluding hydrogens is 296 g/mol. The summed E-state index contributed by atoms with van der Waals surface area (Å²) in [4.78, 5) is 14.3. The number of aliphatic carboxylic acids is 1. The van der Waals surface area contributed by atoms with Gasteiger partial charge in [0.15, 0.2) is 0 Å². The second-order valence-corrected chi connectivity index (χ2v) is 7.15. The number of hydrogen-bond acceptors (Lipinski definition) is 5. The van der Waals surface area contributed by atoms with E-state index in [1.807, 2.05) is 0 Å².